The molecule has 9 aromatic carbocycles. The molecule has 0 saturated heterocycles. The van der Waals surface area contributed by atoms with Gasteiger partial charge in [-0.25, -0.2) is 0 Å². The third kappa shape index (κ3) is 9.24. The molecule has 14 rings (SSSR count). The molecular weight excluding hydrogens is 1070 g/mol. The van der Waals surface area contributed by atoms with Crippen molar-refractivity contribution in [3.05, 3.63) is 237 Å². The number of aryl methyl sites for hydroxylation is 1. The van der Waals surface area contributed by atoms with E-state index >= 15 is 0 Å². The quantitative estimate of drug-likeness (QED) is 0.154. The summed E-state index contributed by atoms with van der Waals surface area (Å²) >= 11 is 0. The largest absolute Gasteiger partial charge is 0.311 e. The zero-order valence-electron chi connectivity index (χ0n) is 57.0. The lowest BCUT2D eigenvalue weighted by atomic mass is 9.33. The molecular formula is C85H94BN3. The zero-order chi connectivity index (χ0) is 63.1. The van der Waals surface area contributed by atoms with Crippen molar-refractivity contribution >= 4 is 74.3 Å². The van der Waals surface area contributed by atoms with E-state index in [4.69, 9.17) is 0 Å². The first-order chi connectivity index (χ1) is 41.8. The summed E-state index contributed by atoms with van der Waals surface area (Å²) in [5, 5.41) is 0. The van der Waals surface area contributed by atoms with Crippen LogP contribution in [0.3, 0.4) is 0 Å². The van der Waals surface area contributed by atoms with Crippen LogP contribution in [0.25, 0.3) is 11.1 Å². The van der Waals surface area contributed by atoms with Crippen LogP contribution in [-0.4, -0.2) is 6.71 Å². The topological polar surface area (TPSA) is 9.72 Å². The van der Waals surface area contributed by atoms with E-state index in [1.165, 1.54) is 141 Å². The SMILES string of the molecule is Cc1cc2c3c(c1)N(c1ccc(C(C)(C)C)cc1-c1ccccc1)c1cc4c(cc1B3c1ccc(N(c3ccc5c(c3)C(C)(C)CCC5(C)C)c3ccc5c(c3)C(C)(C)CCC5(C)C)cc1N2c1ccc(C(C)(C)C)cc1)C(C)(C)c1ccccc1C4(C)C. The second-order valence-electron chi connectivity index (χ2n) is 33.3. The van der Waals surface area contributed by atoms with Gasteiger partial charge >= 0.3 is 0 Å². The van der Waals surface area contributed by atoms with E-state index < -0.39 is 0 Å². The van der Waals surface area contributed by atoms with Gasteiger partial charge in [0.15, 0.2) is 0 Å². The Balaban J connectivity index is 1.08. The molecule has 0 aromatic heterocycles. The van der Waals surface area contributed by atoms with Crippen molar-refractivity contribution in [2.24, 2.45) is 0 Å². The van der Waals surface area contributed by atoms with E-state index in [-0.39, 0.29) is 50.0 Å². The van der Waals surface area contributed by atoms with E-state index in [1.54, 1.807) is 0 Å². The van der Waals surface area contributed by atoms with Crippen LogP contribution in [0, 0.1) is 6.92 Å². The van der Waals surface area contributed by atoms with Crippen LogP contribution in [0.2, 0.25) is 0 Å². The van der Waals surface area contributed by atoms with Crippen LogP contribution < -0.4 is 31.1 Å². The molecule has 0 bridgehead atoms. The maximum absolute atomic E-state index is 2.69. The van der Waals surface area contributed by atoms with Crippen molar-refractivity contribution in [3.8, 4) is 11.1 Å². The van der Waals surface area contributed by atoms with Gasteiger partial charge in [-0.2, -0.15) is 0 Å². The fourth-order valence-electron chi connectivity index (χ4n) is 16.8. The average Bonchev–Trinajstić information content (AvgIpc) is 0.696. The molecule has 2 heterocycles. The molecule has 0 radical (unpaired) electrons. The second kappa shape index (κ2) is 19.7. The Morgan fingerprint density at radius 2 is 0.820 bits per heavy atom. The number of hydrogen-bond donors (Lipinski definition) is 0. The minimum atomic E-state index is -0.263. The van der Waals surface area contributed by atoms with Crippen molar-refractivity contribution in [2.45, 2.75) is 201 Å². The molecule has 5 aliphatic rings. The minimum absolute atomic E-state index is 0.0118. The summed E-state index contributed by atoms with van der Waals surface area (Å²) in [6.07, 6.45) is 4.66. The molecule has 0 unspecified atom stereocenters. The summed E-state index contributed by atoms with van der Waals surface area (Å²) in [7, 11) is 0. The molecule has 0 fully saturated rings. The third-order valence-corrected chi connectivity index (χ3v) is 22.6. The fraction of sp³-hybridized carbons (Fsp3) is 0.365. The Labute approximate surface area is 534 Å². The number of nitrogens with zero attached hydrogens (tertiary/aromatic N) is 3. The fourth-order valence-corrected chi connectivity index (χ4v) is 16.8. The predicted molar refractivity (Wildman–Crippen MR) is 384 cm³/mol. The normalized spacial score (nSPS) is 18.3. The number of anilines is 9. The molecule has 3 nitrogen and oxygen atoms in total. The van der Waals surface area contributed by atoms with Gasteiger partial charge in [0.25, 0.3) is 6.71 Å². The molecule has 89 heavy (non-hydrogen) atoms. The minimum Gasteiger partial charge on any atom is -0.311 e. The van der Waals surface area contributed by atoms with E-state index in [9.17, 15) is 0 Å². The van der Waals surface area contributed by atoms with Crippen molar-refractivity contribution in [3.63, 3.8) is 0 Å². The molecule has 0 saturated carbocycles. The van der Waals surface area contributed by atoms with Crippen LogP contribution in [0.15, 0.2) is 176 Å². The van der Waals surface area contributed by atoms with Crippen LogP contribution >= 0.6 is 0 Å². The lowest BCUT2D eigenvalue weighted by Crippen LogP contribution is -2.62. The molecule has 9 aromatic rings. The maximum Gasteiger partial charge on any atom is 0.252 e. The van der Waals surface area contributed by atoms with E-state index in [0.29, 0.717) is 0 Å². The van der Waals surface area contributed by atoms with Gasteiger partial charge in [-0.15, -0.1) is 0 Å². The van der Waals surface area contributed by atoms with E-state index in [1.807, 2.05) is 0 Å². The van der Waals surface area contributed by atoms with Gasteiger partial charge in [-0.05, 0) is 227 Å². The molecule has 2 aliphatic heterocycles. The lowest BCUT2D eigenvalue weighted by molar-refractivity contribution is 0.332. The van der Waals surface area contributed by atoms with E-state index in [0.717, 1.165) is 24.2 Å². The van der Waals surface area contributed by atoms with Gasteiger partial charge in [-0.3, -0.25) is 0 Å². The second-order valence-corrected chi connectivity index (χ2v) is 33.3. The first-order valence-electron chi connectivity index (χ1n) is 33.4. The van der Waals surface area contributed by atoms with Gasteiger partial charge in [0.05, 0.1) is 5.69 Å². The standard InChI is InChI=1S/C85H94BN3/c1-53-45-75-77-76(46-53)89(72-40-31-56(79(5,6)7)47-61(72)54-25-21-20-22-26-54)74-52-69-68(84(16,17)64-27-23-24-28-65(64)85(69,18)19)51-71(74)86(77)70-39-36-60(50-73(70)88(75)57-32-29-55(30-33-57)78(2,3)4)87(58-34-37-62-66(48-58)82(12,13)43-41-80(62,8)9)59-35-38-63-67(49-59)83(14,15)44-42-81(63,10)11/h20-40,45-52H,41-44H2,1-19H3. The average molecular weight is 1170 g/mol. The lowest BCUT2D eigenvalue weighted by Gasteiger charge is -2.48. The summed E-state index contributed by atoms with van der Waals surface area (Å²) in [6, 6.07) is 70.3. The van der Waals surface area contributed by atoms with Gasteiger partial charge < -0.3 is 14.7 Å². The van der Waals surface area contributed by atoms with Crippen molar-refractivity contribution in [1.82, 2.24) is 0 Å². The summed E-state index contributed by atoms with van der Waals surface area (Å²) in [5.74, 6) is 0. The third-order valence-electron chi connectivity index (χ3n) is 22.6. The van der Waals surface area contributed by atoms with Crippen LogP contribution in [0.5, 0.6) is 0 Å². The summed E-state index contributed by atoms with van der Waals surface area (Å²) < 4.78 is 0. The Hall–Kier alpha value is -7.56. The molecule has 3 aliphatic carbocycles. The summed E-state index contributed by atoms with van der Waals surface area (Å²) in [5.41, 5.74) is 32.3. The Kier molecular flexibility index (Phi) is 13.1. The van der Waals surface area contributed by atoms with Gasteiger partial charge in [-0.1, -0.05) is 222 Å². The molecule has 452 valence electrons. The van der Waals surface area contributed by atoms with Crippen molar-refractivity contribution in [1.29, 1.82) is 0 Å². The molecule has 0 spiro atoms. The van der Waals surface area contributed by atoms with Crippen molar-refractivity contribution < 1.29 is 0 Å². The summed E-state index contributed by atoms with van der Waals surface area (Å²) in [6.45, 7) is 45.8. The monoisotopic (exact) mass is 1170 g/mol. The van der Waals surface area contributed by atoms with Gasteiger partial charge in [0.2, 0.25) is 0 Å². The number of rotatable bonds is 6. The highest BCUT2D eigenvalue weighted by Crippen LogP contribution is 2.56. The smallest absolute Gasteiger partial charge is 0.252 e. The summed E-state index contributed by atoms with van der Waals surface area (Å²) in [4.78, 5) is 7.96. The number of hydrogen-bond acceptors (Lipinski definition) is 3. The Morgan fingerprint density at radius 3 is 1.36 bits per heavy atom. The Bertz CT molecular complexity index is 4280. The van der Waals surface area contributed by atoms with E-state index in [2.05, 4.69) is 322 Å². The first-order valence-corrected chi connectivity index (χ1v) is 33.4. The molecule has 0 N–H and O–H groups in total. The molecule has 0 amide bonds. The van der Waals surface area contributed by atoms with Crippen LogP contribution in [-0.2, 0) is 43.3 Å². The highest BCUT2D eigenvalue weighted by atomic mass is 15.2. The first kappa shape index (κ1) is 59.1. The molecule has 4 heteroatoms. The van der Waals surface area contributed by atoms with Crippen molar-refractivity contribution in [2.75, 3.05) is 14.7 Å². The Morgan fingerprint density at radius 1 is 0.360 bits per heavy atom. The van der Waals surface area contributed by atoms with Crippen LogP contribution in [0.1, 0.15) is 212 Å². The van der Waals surface area contributed by atoms with Gasteiger partial charge in [0.1, 0.15) is 0 Å². The zero-order valence-corrected chi connectivity index (χ0v) is 57.0. The highest BCUT2D eigenvalue weighted by molar-refractivity contribution is 7.00. The van der Waals surface area contributed by atoms with Crippen LogP contribution in [0.4, 0.5) is 51.2 Å². The predicted octanol–water partition coefficient (Wildman–Crippen LogP) is 21.5. The molecule has 0 atom stereocenters. The highest BCUT2D eigenvalue weighted by Gasteiger charge is 2.49. The number of fused-ring (bicyclic) bond motifs is 8. The number of benzene rings is 9. The maximum atomic E-state index is 2.69. The van der Waals surface area contributed by atoms with Gasteiger partial charge in [0, 0.05) is 61.9 Å².